The van der Waals surface area contributed by atoms with Crippen molar-refractivity contribution in [2.75, 3.05) is 10.8 Å². The van der Waals surface area contributed by atoms with Crippen LogP contribution in [0.4, 0.5) is 5.69 Å². The van der Waals surface area contributed by atoms with Crippen molar-refractivity contribution in [3.8, 4) is 0 Å². The molecule has 0 aliphatic heterocycles. The van der Waals surface area contributed by atoms with Crippen LogP contribution in [0.2, 0.25) is 10.0 Å². The lowest BCUT2D eigenvalue weighted by molar-refractivity contribution is 0.179. The molecule has 2 aromatic carbocycles. The lowest BCUT2D eigenvalue weighted by Gasteiger charge is -2.26. The van der Waals surface area contributed by atoms with Gasteiger partial charge in [-0.3, -0.25) is 4.31 Å². The fourth-order valence-corrected chi connectivity index (χ4v) is 4.13. The van der Waals surface area contributed by atoms with Gasteiger partial charge in [-0.05, 0) is 36.2 Å². The minimum atomic E-state index is -3.69. The molecule has 0 aromatic heterocycles. The summed E-state index contributed by atoms with van der Waals surface area (Å²) in [4.78, 5) is 0. The molecule has 1 unspecified atom stereocenters. The van der Waals surface area contributed by atoms with Crippen LogP contribution in [-0.2, 0) is 15.8 Å². The molecule has 0 radical (unpaired) electrons. The fraction of sp³-hybridized carbons (Fsp3) is 0.294. The molecule has 2 aromatic rings. The Bertz CT molecular complexity index is 782. The van der Waals surface area contributed by atoms with E-state index in [2.05, 4.69) is 0 Å². The number of rotatable bonds is 7. The SMILES string of the molecule is CCC(O)CN(c1ccccc1)S(=O)(=O)Cc1ccc(Cl)c(Cl)c1. The third-order valence-electron chi connectivity index (χ3n) is 3.56. The van der Waals surface area contributed by atoms with Gasteiger partial charge in [-0.2, -0.15) is 0 Å². The summed E-state index contributed by atoms with van der Waals surface area (Å²) in [6, 6.07) is 13.5. The number of para-hydroxylation sites is 1. The van der Waals surface area contributed by atoms with E-state index in [9.17, 15) is 13.5 Å². The molecule has 0 saturated heterocycles. The van der Waals surface area contributed by atoms with Crippen LogP contribution in [0.5, 0.6) is 0 Å². The molecule has 0 aliphatic rings. The molecule has 2 rings (SSSR count). The zero-order chi connectivity index (χ0) is 17.7. The molecule has 0 fully saturated rings. The van der Waals surface area contributed by atoms with Crippen LogP contribution >= 0.6 is 23.2 Å². The van der Waals surface area contributed by atoms with Gasteiger partial charge in [-0.1, -0.05) is 54.4 Å². The molecule has 7 heteroatoms. The number of anilines is 1. The predicted molar refractivity (Wildman–Crippen MR) is 99.2 cm³/mol. The number of aliphatic hydroxyl groups is 1. The zero-order valence-corrected chi connectivity index (χ0v) is 15.5. The number of hydrogen-bond acceptors (Lipinski definition) is 3. The van der Waals surface area contributed by atoms with Crippen LogP contribution in [0.3, 0.4) is 0 Å². The smallest absolute Gasteiger partial charge is 0.239 e. The Morgan fingerprint density at radius 1 is 1.08 bits per heavy atom. The largest absolute Gasteiger partial charge is 0.391 e. The topological polar surface area (TPSA) is 57.6 Å². The third kappa shape index (κ3) is 4.86. The third-order valence-corrected chi connectivity index (χ3v) is 6.03. The minimum absolute atomic E-state index is 0.00414. The number of aliphatic hydroxyl groups excluding tert-OH is 1. The van der Waals surface area contributed by atoms with Crippen molar-refractivity contribution in [3.63, 3.8) is 0 Å². The van der Waals surface area contributed by atoms with Crippen molar-refractivity contribution in [1.82, 2.24) is 0 Å². The average Bonchev–Trinajstić information content (AvgIpc) is 2.56. The van der Waals surface area contributed by atoms with E-state index in [-0.39, 0.29) is 12.3 Å². The van der Waals surface area contributed by atoms with Crippen LogP contribution in [0, 0.1) is 0 Å². The maximum Gasteiger partial charge on any atom is 0.239 e. The molecule has 0 heterocycles. The first-order chi connectivity index (χ1) is 11.3. The van der Waals surface area contributed by atoms with Crippen molar-refractivity contribution in [2.24, 2.45) is 0 Å². The molecule has 0 saturated carbocycles. The Balaban J connectivity index is 2.34. The molecule has 1 N–H and O–H groups in total. The number of benzene rings is 2. The summed E-state index contributed by atoms with van der Waals surface area (Å²) in [6.07, 6.45) is -0.278. The molecular formula is C17H19Cl2NO3S. The highest BCUT2D eigenvalue weighted by atomic mass is 35.5. The average molecular weight is 388 g/mol. The Morgan fingerprint density at radius 3 is 2.33 bits per heavy atom. The highest BCUT2D eigenvalue weighted by Gasteiger charge is 2.25. The van der Waals surface area contributed by atoms with Gasteiger partial charge in [-0.25, -0.2) is 8.42 Å². The van der Waals surface area contributed by atoms with E-state index in [1.165, 1.54) is 4.31 Å². The summed E-state index contributed by atoms with van der Waals surface area (Å²) in [5.74, 6) is -0.227. The van der Waals surface area contributed by atoms with Gasteiger partial charge in [0.25, 0.3) is 0 Å². The van der Waals surface area contributed by atoms with Crippen LogP contribution < -0.4 is 4.31 Å². The number of halogens is 2. The van der Waals surface area contributed by atoms with Gasteiger partial charge in [0.05, 0.1) is 34.1 Å². The van der Waals surface area contributed by atoms with Gasteiger partial charge in [-0.15, -0.1) is 0 Å². The Hall–Kier alpha value is -1.27. The first-order valence-corrected chi connectivity index (χ1v) is 9.87. The van der Waals surface area contributed by atoms with Crippen LogP contribution in [0.1, 0.15) is 18.9 Å². The van der Waals surface area contributed by atoms with Crippen molar-refractivity contribution in [2.45, 2.75) is 25.2 Å². The van der Waals surface area contributed by atoms with E-state index in [1.807, 2.05) is 6.07 Å². The monoisotopic (exact) mass is 387 g/mol. The highest BCUT2D eigenvalue weighted by molar-refractivity contribution is 7.92. The zero-order valence-electron chi connectivity index (χ0n) is 13.2. The van der Waals surface area contributed by atoms with Crippen molar-refractivity contribution in [1.29, 1.82) is 0 Å². The molecular weight excluding hydrogens is 369 g/mol. The van der Waals surface area contributed by atoms with E-state index in [0.717, 1.165) is 0 Å². The molecule has 4 nitrogen and oxygen atoms in total. The van der Waals surface area contributed by atoms with Crippen molar-refractivity contribution in [3.05, 3.63) is 64.1 Å². The van der Waals surface area contributed by atoms with Gasteiger partial charge in [0.15, 0.2) is 0 Å². The van der Waals surface area contributed by atoms with E-state index >= 15 is 0 Å². The summed E-state index contributed by atoms with van der Waals surface area (Å²) in [5, 5.41) is 10.6. The number of sulfonamides is 1. The van der Waals surface area contributed by atoms with E-state index in [0.29, 0.717) is 27.7 Å². The van der Waals surface area contributed by atoms with Gasteiger partial charge < -0.3 is 5.11 Å². The predicted octanol–water partition coefficient (Wildman–Crippen LogP) is 4.10. The lowest BCUT2D eigenvalue weighted by atomic mass is 10.2. The normalized spacial score (nSPS) is 12.8. The maximum atomic E-state index is 12.9. The summed E-state index contributed by atoms with van der Waals surface area (Å²) < 4.78 is 27.0. The van der Waals surface area contributed by atoms with Gasteiger partial charge in [0, 0.05) is 0 Å². The van der Waals surface area contributed by atoms with Gasteiger partial charge >= 0.3 is 0 Å². The van der Waals surface area contributed by atoms with Crippen LogP contribution in [0.25, 0.3) is 0 Å². The molecule has 0 aliphatic carbocycles. The van der Waals surface area contributed by atoms with Crippen LogP contribution in [-0.4, -0.2) is 26.2 Å². The van der Waals surface area contributed by atoms with Gasteiger partial charge in [0.1, 0.15) is 0 Å². The van der Waals surface area contributed by atoms with E-state index in [1.54, 1.807) is 49.4 Å². The van der Waals surface area contributed by atoms with Crippen molar-refractivity contribution < 1.29 is 13.5 Å². The molecule has 1 atom stereocenters. The standard InChI is InChI=1S/C17H19Cl2NO3S/c1-2-15(21)11-20(14-6-4-3-5-7-14)24(22,23)12-13-8-9-16(18)17(19)10-13/h3-10,15,21H,2,11-12H2,1H3. The Labute approximate surface area is 152 Å². The fourth-order valence-electron chi connectivity index (χ4n) is 2.21. The summed E-state index contributed by atoms with van der Waals surface area (Å²) in [7, 11) is -3.69. The second-order valence-corrected chi connectivity index (χ2v) is 8.14. The molecule has 0 spiro atoms. The highest BCUT2D eigenvalue weighted by Crippen LogP contribution is 2.26. The summed E-state index contributed by atoms with van der Waals surface area (Å²) >= 11 is 11.8. The Kier molecular flexibility index (Phi) is 6.52. The molecule has 24 heavy (non-hydrogen) atoms. The molecule has 130 valence electrons. The Morgan fingerprint density at radius 2 is 1.75 bits per heavy atom. The van der Waals surface area contributed by atoms with Crippen LogP contribution in [0.15, 0.2) is 48.5 Å². The number of hydrogen-bond donors (Lipinski definition) is 1. The first-order valence-electron chi connectivity index (χ1n) is 7.51. The first kappa shape index (κ1) is 19.1. The molecule has 0 bridgehead atoms. The van der Waals surface area contributed by atoms with E-state index < -0.39 is 16.1 Å². The maximum absolute atomic E-state index is 12.9. The second-order valence-electron chi connectivity index (χ2n) is 5.43. The minimum Gasteiger partial charge on any atom is -0.391 e. The van der Waals surface area contributed by atoms with E-state index in [4.69, 9.17) is 23.2 Å². The lowest BCUT2D eigenvalue weighted by Crippen LogP contribution is -2.38. The number of nitrogens with zero attached hydrogens (tertiary/aromatic N) is 1. The molecule has 0 amide bonds. The quantitative estimate of drug-likeness (QED) is 0.777. The van der Waals surface area contributed by atoms with Gasteiger partial charge in [0.2, 0.25) is 10.0 Å². The second kappa shape index (κ2) is 8.21. The van der Waals surface area contributed by atoms with Crippen molar-refractivity contribution >= 4 is 38.9 Å². The summed E-state index contributed by atoms with van der Waals surface area (Å²) in [5.41, 5.74) is 1.06. The summed E-state index contributed by atoms with van der Waals surface area (Å²) in [6.45, 7) is 1.81.